The molecule has 0 atom stereocenters. The van der Waals surface area contributed by atoms with Gasteiger partial charge < -0.3 is 10.0 Å². The van der Waals surface area contributed by atoms with E-state index < -0.39 is 0 Å². The number of benzene rings is 1. The molecule has 14 heavy (non-hydrogen) atoms. The van der Waals surface area contributed by atoms with Gasteiger partial charge in [0.25, 0.3) is 0 Å². The zero-order chi connectivity index (χ0) is 10.6. The Morgan fingerprint density at radius 2 is 1.93 bits per heavy atom. The quantitative estimate of drug-likeness (QED) is 0.793. The number of aliphatic hydroxyl groups is 1. The third-order valence-electron chi connectivity index (χ3n) is 2.44. The summed E-state index contributed by atoms with van der Waals surface area (Å²) in [5.41, 5.74) is 2.15. The fourth-order valence-corrected chi connectivity index (χ4v) is 1.74. The van der Waals surface area contributed by atoms with Crippen LogP contribution < -0.4 is 4.90 Å². The number of aliphatic hydroxyl groups excluding tert-OH is 1. The van der Waals surface area contributed by atoms with Crippen molar-refractivity contribution in [3.05, 3.63) is 29.8 Å². The first kappa shape index (κ1) is 11.1. The standard InChI is InChI=1S/C12H19NO/c1-4-13(10(2)3)12-8-6-5-7-11(12)9-14/h5-8,10,14H,4,9H2,1-3H3. The first-order valence-corrected chi connectivity index (χ1v) is 5.16. The molecule has 0 aliphatic heterocycles. The summed E-state index contributed by atoms with van der Waals surface area (Å²) in [5.74, 6) is 0. The van der Waals surface area contributed by atoms with Crippen molar-refractivity contribution < 1.29 is 5.11 Å². The molecule has 2 nitrogen and oxygen atoms in total. The Bertz CT molecular complexity index is 283. The molecule has 0 fully saturated rings. The van der Waals surface area contributed by atoms with Crippen molar-refractivity contribution in [1.82, 2.24) is 0 Å². The monoisotopic (exact) mass is 193 g/mol. The van der Waals surface area contributed by atoms with E-state index in [1.807, 2.05) is 18.2 Å². The fourth-order valence-electron chi connectivity index (χ4n) is 1.74. The average Bonchev–Trinajstić information content (AvgIpc) is 2.19. The van der Waals surface area contributed by atoms with Crippen LogP contribution in [-0.4, -0.2) is 17.7 Å². The minimum absolute atomic E-state index is 0.111. The highest BCUT2D eigenvalue weighted by atomic mass is 16.3. The lowest BCUT2D eigenvalue weighted by molar-refractivity contribution is 0.282. The first-order valence-electron chi connectivity index (χ1n) is 5.16. The predicted molar refractivity (Wildman–Crippen MR) is 60.5 cm³/mol. The molecule has 0 heterocycles. The summed E-state index contributed by atoms with van der Waals surface area (Å²) in [6.07, 6.45) is 0. The lowest BCUT2D eigenvalue weighted by Gasteiger charge is -2.29. The van der Waals surface area contributed by atoms with Crippen molar-refractivity contribution in [1.29, 1.82) is 0 Å². The zero-order valence-corrected chi connectivity index (χ0v) is 9.20. The summed E-state index contributed by atoms with van der Waals surface area (Å²) in [7, 11) is 0. The van der Waals surface area contributed by atoms with Crippen LogP contribution in [0.25, 0.3) is 0 Å². The number of hydrogen-bond acceptors (Lipinski definition) is 2. The summed E-state index contributed by atoms with van der Waals surface area (Å²) < 4.78 is 0. The van der Waals surface area contributed by atoms with Crippen molar-refractivity contribution in [2.75, 3.05) is 11.4 Å². The zero-order valence-electron chi connectivity index (χ0n) is 9.20. The summed E-state index contributed by atoms with van der Waals surface area (Å²) in [5, 5.41) is 9.22. The van der Waals surface area contributed by atoms with E-state index >= 15 is 0 Å². The molecule has 0 amide bonds. The molecule has 1 aromatic rings. The lowest BCUT2D eigenvalue weighted by Crippen LogP contribution is -2.31. The highest BCUT2D eigenvalue weighted by molar-refractivity contribution is 5.53. The van der Waals surface area contributed by atoms with Crippen LogP contribution in [0.2, 0.25) is 0 Å². The van der Waals surface area contributed by atoms with E-state index in [-0.39, 0.29) is 6.61 Å². The van der Waals surface area contributed by atoms with Gasteiger partial charge in [-0.15, -0.1) is 0 Å². The van der Waals surface area contributed by atoms with E-state index in [1.165, 1.54) is 0 Å². The molecule has 1 aromatic carbocycles. The van der Waals surface area contributed by atoms with Crippen molar-refractivity contribution >= 4 is 5.69 Å². The van der Waals surface area contributed by atoms with Gasteiger partial charge in [0, 0.05) is 23.8 Å². The van der Waals surface area contributed by atoms with Crippen LogP contribution in [0.5, 0.6) is 0 Å². The van der Waals surface area contributed by atoms with E-state index in [4.69, 9.17) is 0 Å². The molecule has 0 aliphatic carbocycles. The molecule has 0 saturated heterocycles. The molecule has 1 N–H and O–H groups in total. The Labute approximate surface area is 86.2 Å². The molecule has 0 unspecified atom stereocenters. The SMILES string of the molecule is CCN(c1ccccc1CO)C(C)C. The second-order valence-corrected chi connectivity index (χ2v) is 3.67. The van der Waals surface area contributed by atoms with Gasteiger partial charge in [0.15, 0.2) is 0 Å². The number of rotatable bonds is 4. The maximum Gasteiger partial charge on any atom is 0.0702 e. The van der Waals surface area contributed by atoms with Gasteiger partial charge in [-0.25, -0.2) is 0 Å². The molecule has 78 valence electrons. The fraction of sp³-hybridized carbons (Fsp3) is 0.500. The smallest absolute Gasteiger partial charge is 0.0702 e. The van der Waals surface area contributed by atoms with E-state index in [9.17, 15) is 5.11 Å². The molecule has 2 heteroatoms. The number of nitrogens with zero attached hydrogens (tertiary/aromatic N) is 1. The second kappa shape index (κ2) is 5.01. The molecule has 0 spiro atoms. The molecule has 1 rings (SSSR count). The molecule has 0 aromatic heterocycles. The number of para-hydroxylation sites is 1. The second-order valence-electron chi connectivity index (χ2n) is 3.67. The molecular formula is C12H19NO. The maximum absolute atomic E-state index is 9.22. The Balaban J connectivity index is 3.02. The van der Waals surface area contributed by atoms with Gasteiger partial charge in [-0.2, -0.15) is 0 Å². The van der Waals surface area contributed by atoms with Crippen LogP contribution >= 0.6 is 0 Å². The lowest BCUT2D eigenvalue weighted by atomic mass is 10.1. The van der Waals surface area contributed by atoms with Crippen LogP contribution in [0.1, 0.15) is 26.3 Å². The van der Waals surface area contributed by atoms with Gasteiger partial charge in [-0.1, -0.05) is 18.2 Å². The third-order valence-corrected chi connectivity index (χ3v) is 2.44. The normalized spacial score (nSPS) is 10.6. The summed E-state index contributed by atoms with van der Waals surface area (Å²) in [6.45, 7) is 7.54. The van der Waals surface area contributed by atoms with Gasteiger partial charge in [-0.3, -0.25) is 0 Å². The Morgan fingerprint density at radius 1 is 1.29 bits per heavy atom. The van der Waals surface area contributed by atoms with Gasteiger partial charge in [0.1, 0.15) is 0 Å². The molecule has 0 bridgehead atoms. The number of hydrogen-bond donors (Lipinski definition) is 1. The first-order chi connectivity index (χ1) is 6.70. The highest BCUT2D eigenvalue weighted by Gasteiger charge is 2.10. The van der Waals surface area contributed by atoms with Crippen molar-refractivity contribution in [3.63, 3.8) is 0 Å². The van der Waals surface area contributed by atoms with Crippen molar-refractivity contribution in [2.45, 2.75) is 33.4 Å². The molecule has 0 saturated carbocycles. The van der Waals surface area contributed by atoms with Crippen LogP contribution in [0.4, 0.5) is 5.69 Å². The van der Waals surface area contributed by atoms with Crippen LogP contribution in [0, 0.1) is 0 Å². The largest absolute Gasteiger partial charge is 0.392 e. The summed E-state index contributed by atoms with van der Waals surface area (Å²) in [4.78, 5) is 2.28. The van der Waals surface area contributed by atoms with Crippen molar-refractivity contribution in [2.24, 2.45) is 0 Å². The van der Waals surface area contributed by atoms with Crippen LogP contribution in [-0.2, 0) is 6.61 Å². The number of anilines is 1. The van der Waals surface area contributed by atoms with Crippen molar-refractivity contribution in [3.8, 4) is 0 Å². The van der Waals surface area contributed by atoms with Crippen LogP contribution in [0.3, 0.4) is 0 Å². The minimum Gasteiger partial charge on any atom is -0.392 e. The van der Waals surface area contributed by atoms with E-state index in [1.54, 1.807) is 0 Å². The molecule has 0 radical (unpaired) electrons. The van der Waals surface area contributed by atoms with E-state index in [2.05, 4.69) is 31.7 Å². The minimum atomic E-state index is 0.111. The van der Waals surface area contributed by atoms with Crippen LogP contribution in [0.15, 0.2) is 24.3 Å². The predicted octanol–water partition coefficient (Wildman–Crippen LogP) is 2.41. The highest BCUT2D eigenvalue weighted by Crippen LogP contribution is 2.21. The molecular weight excluding hydrogens is 174 g/mol. The van der Waals surface area contributed by atoms with E-state index in [0.717, 1.165) is 17.8 Å². The maximum atomic E-state index is 9.22. The summed E-state index contributed by atoms with van der Waals surface area (Å²) in [6, 6.07) is 8.48. The third kappa shape index (κ3) is 2.26. The van der Waals surface area contributed by atoms with Gasteiger partial charge in [-0.05, 0) is 26.8 Å². The van der Waals surface area contributed by atoms with Gasteiger partial charge in [0.2, 0.25) is 0 Å². The summed E-state index contributed by atoms with van der Waals surface area (Å²) >= 11 is 0. The Morgan fingerprint density at radius 3 is 2.43 bits per heavy atom. The van der Waals surface area contributed by atoms with E-state index in [0.29, 0.717) is 6.04 Å². The average molecular weight is 193 g/mol. The topological polar surface area (TPSA) is 23.5 Å². The van der Waals surface area contributed by atoms with Gasteiger partial charge in [0.05, 0.1) is 6.61 Å². The molecule has 0 aliphatic rings. The Hall–Kier alpha value is -1.02. The van der Waals surface area contributed by atoms with Gasteiger partial charge >= 0.3 is 0 Å². The Kier molecular flexibility index (Phi) is 3.96.